The van der Waals surface area contributed by atoms with Gasteiger partial charge in [0.1, 0.15) is 11.6 Å². The second-order valence-corrected chi connectivity index (χ2v) is 4.39. The molecule has 2 aromatic carbocycles. The minimum Gasteiger partial charge on any atom is -0.388 e. The first-order valence-electron chi connectivity index (χ1n) is 6.03. The van der Waals surface area contributed by atoms with E-state index in [9.17, 15) is 8.78 Å². The van der Waals surface area contributed by atoms with Gasteiger partial charge in [-0.1, -0.05) is 12.1 Å². The summed E-state index contributed by atoms with van der Waals surface area (Å²) in [7, 11) is 3.72. The Morgan fingerprint density at radius 1 is 1.11 bits per heavy atom. The van der Waals surface area contributed by atoms with Crippen LogP contribution in [0.3, 0.4) is 0 Å². The van der Waals surface area contributed by atoms with Crippen molar-refractivity contribution in [3.8, 4) is 0 Å². The predicted octanol–water partition coefficient (Wildman–Crippen LogP) is 3.64. The molecule has 1 N–H and O–H groups in total. The van der Waals surface area contributed by atoms with Gasteiger partial charge in [0.05, 0.1) is 0 Å². The van der Waals surface area contributed by atoms with Gasteiger partial charge in [0.15, 0.2) is 0 Å². The molecule has 2 aromatic rings. The molecular weight excluding hydrogens is 246 g/mol. The fourth-order valence-electron chi connectivity index (χ4n) is 1.90. The van der Waals surface area contributed by atoms with Gasteiger partial charge in [-0.3, -0.25) is 0 Å². The maximum Gasteiger partial charge on any atom is 0.131 e. The second-order valence-electron chi connectivity index (χ2n) is 4.39. The van der Waals surface area contributed by atoms with E-state index in [1.807, 2.05) is 43.3 Å². The van der Waals surface area contributed by atoms with Crippen LogP contribution in [0.15, 0.2) is 42.5 Å². The SMILES string of the molecule is CNc1cccc(N(C)Cc2ccc(F)cc2F)c1. The molecule has 0 aliphatic rings. The average Bonchev–Trinajstić information content (AvgIpc) is 2.42. The van der Waals surface area contributed by atoms with E-state index in [-0.39, 0.29) is 0 Å². The molecule has 0 radical (unpaired) electrons. The zero-order valence-corrected chi connectivity index (χ0v) is 11.0. The first kappa shape index (κ1) is 13.3. The van der Waals surface area contributed by atoms with Crippen molar-refractivity contribution in [2.75, 3.05) is 24.3 Å². The lowest BCUT2D eigenvalue weighted by Crippen LogP contribution is -2.17. The fraction of sp³-hybridized carbons (Fsp3) is 0.200. The summed E-state index contributed by atoms with van der Waals surface area (Å²) < 4.78 is 26.4. The molecule has 2 rings (SSSR count). The van der Waals surface area contributed by atoms with E-state index < -0.39 is 11.6 Å². The summed E-state index contributed by atoms with van der Waals surface area (Å²) in [6.45, 7) is 0.388. The Labute approximate surface area is 111 Å². The first-order chi connectivity index (χ1) is 9.10. The van der Waals surface area contributed by atoms with Crippen LogP contribution < -0.4 is 10.2 Å². The topological polar surface area (TPSA) is 15.3 Å². The third-order valence-corrected chi connectivity index (χ3v) is 3.00. The standard InChI is InChI=1S/C15H16F2N2/c1-18-13-4-3-5-14(9-13)19(2)10-11-6-7-12(16)8-15(11)17/h3-9,18H,10H2,1-2H3. The molecule has 0 aliphatic heterocycles. The van der Waals surface area contributed by atoms with Crippen LogP contribution in [0, 0.1) is 11.6 Å². The fourth-order valence-corrected chi connectivity index (χ4v) is 1.90. The molecule has 0 amide bonds. The van der Waals surface area contributed by atoms with Crippen LogP contribution in [-0.2, 0) is 6.54 Å². The van der Waals surface area contributed by atoms with E-state index >= 15 is 0 Å². The number of hydrogen-bond donors (Lipinski definition) is 1. The summed E-state index contributed by atoms with van der Waals surface area (Å²) in [6.07, 6.45) is 0. The van der Waals surface area contributed by atoms with Gasteiger partial charge >= 0.3 is 0 Å². The monoisotopic (exact) mass is 262 g/mol. The summed E-state index contributed by atoms with van der Waals surface area (Å²) in [6, 6.07) is 11.5. The van der Waals surface area contributed by atoms with Crippen molar-refractivity contribution in [2.24, 2.45) is 0 Å². The summed E-state index contributed by atoms with van der Waals surface area (Å²) in [5, 5.41) is 3.05. The van der Waals surface area contributed by atoms with Gasteiger partial charge < -0.3 is 10.2 Å². The molecule has 0 saturated carbocycles. The number of nitrogens with one attached hydrogen (secondary N) is 1. The van der Waals surface area contributed by atoms with Gasteiger partial charge in [0.2, 0.25) is 0 Å². The lowest BCUT2D eigenvalue weighted by molar-refractivity contribution is 0.571. The number of nitrogens with zero attached hydrogens (tertiary/aromatic N) is 1. The van der Waals surface area contributed by atoms with Crippen molar-refractivity contribution in [3.05, 3.63) is 59.7 Å². The molecular formula is C15H16F2N2. The molecule has 0 aliphatic carbocycles. The van der Waals surface area contributed by atoms with Crippen LogP contribution >= 0.6 is 0 Å². The van der Waals surface area contributed by atoms with Gasteiger partial charge in [-0.15, -0.1) is 0 Å². The summed E-state index contributed by atoms with van der Waals surface area (Å²) in [4.78, 5) is 1.91. The Morgan fingerprint density at radius 3 is 2.58 bits per heavy atom. The number of benzene rings is 2. The summed E-state index contributed by atoms with van der Waals surface area (Å²) in [5.41, 5.74) is 2.43. The Balaban J connectivity index is 2.17. The summed E-state index contributed by atoms with van der Waals surface area (Å²) >= 11 is 0. The van der Waals surface area contributed by atoms with Crippen molar-refractivity contribution in [1.82, 2.24) is 0 Å². The number of halogens is 2. The highest BCUT2D eigenvalue weighted by Crippen LogP contribution is 2.21. The third kappa shape index (κ3) is 3.22. The molecule has 0 saturated heterocycles. The maximum atomic E-state index is 13.6. The van der Waals surface area contributed by atoms with E-state index in [4.69, 9.17) is 0 Å². The number of rotatable bonds is 4. The maximum absolute atomic E-state index is 13.6. The van der Waals surface area contributed by atoms with Crippen LogP contribution in [0.25, 0.3) is 0 Å². The van der Waals surface area contributed by atoms with E-state index in [0.29, 0.717) is 12.1 Å². The van der Waals surface area contributed by atoms with Gasteiger partial charge in [0, 0.05) is 43.6 Å². The Kier molecular flexibility index (Phi) is 4.00. The molecule has 100 valence electrons. The zero-order chi connectivity index (χ0) is 13.8. The van der Waals surface area contributed by atoms with Crippen molar-refractivity contribution < 1.29 is 8.78 Å². The molecule has 4 heteroatoms. The molecule has 0 aromatic heterocycles. The molecule has 0 fully saturated rings. The first-order valence-corrected chi connectivity index (χ1v) is 6.03. The smallest absolute Gasteiger partial charge is 0.131 e. The molecule has 0 bridgehead atoms. The highest BCUT2D eigenvalue weighted by molar-refractivity contribution is 5.57. The lowest BCUT2D eigenvalue weighted by Gasteiger charge is -2.20. The highest BCUT2D eigenvalue weighted by atomic mass is 19.1. The van der Waals surface area contributed by atoms with E-state index in [2.05, 4.69) is 5.32 Å². The van der Waals surface area contributed by atoms with Crippen LogP contribution in [0.5, 0.6) is 0 Å². The summed E-state index contributed by atoms with van der Waals surface area (Å²) in [5.74, 6) is -1.07. The number of anilines is 2. The van der Waals surface area contributed by atoms with Crippen LogP contribution in [-0.4, -0.2) is 14.1 Å². The van der Waals surface area contributed by atoms with Gasteiger partial charge in [-0.2, -0.15) is 0 Å². The van der Waals surface area contributed by atoms with Crippen LogP contribution in [0.1, 0.15) is 5.56 Å². The minimum absolute atomic E-state index is 0.388. The number of hydrogen-bond acceptors (Lipinski definition) is 2. The van der Waals surface area contributed by atoms with Crippen molar-refractivity contribution in [1.29, 1.82) is 0 Å². The zero-order valence-electron chi connectivity index (χ0n) is 11.0. The van der Waals surface area contributed by atoms with Gasteiger partial charge in [0.25, 0.3) is 0 Å². The average molecular weight is 262 g/mol. The highest BCUT2D eigenvalue weighted by Gasteiger charge is 2.08. The lowest BCUT2D eigenvalue weighted by atomic mass is 10.2. The predicted molar refractivity (Wildman–Crippen MR) is 74.5 cm³/mol. The normalized spacial score (nSPS) is 10.3. The van der Waals surface area contributed by atoms with E-state index in [0.717, 1.165) is 17.4 Å². The van der Waals surface area contributed by atoms with E-state index in [1.165, 1.54) is 12.1 Å². The quantitative estimate of drug-likeness (QED) is 0.905. The van der Waals surface area contributed by atoms with Gasteiger partial charge in [-0.25, -0.2) is 8.78 Å². The molecule has 19 heavy (non-hydrogen) atoms. The Hall–Kier alpha value is -2.10. The Morgan fingerprint density at radius 2 is 1.89 bits per heavy atom. The molecule has 0 unspecified atom stereocenters. The van der Waals surface area contributed by atoms with E-state index in [1.54, 1.807) is 0 Å². The van der Waals surface area contributed by atoms with Crippen LogP contribution in [0.4, 0.5) is 20.2 Å². The molecule has 0 atom stereocenters. The largest absolute Gasteiger partial charge is 0.388 e. The Bertz CT molecular complexity index is 570. The molecule has 0 spiro atoms. The molecule has 2 nitrogen and oxygen atoms in total. The third-order valence-electron chi connectivity index (χ3n) is 3.00. The van der Waals surface area contributed by atoms with Crippen LogP contribution in [0.2, 0.25) is 0 Å². The van der Waals surface area contributed by atoms with Gasteiger partial charge in [-0.05, 0) is 24.3 Å². The minimum atomic E-state index is -0.555. The molecule has 0 heterocycles. The van der Waals surface area contributed by atoms with Crippen molar-refractivity contribution in [2.45, 2.75) is 6.54 Å². The van der Waals surface area contributed by atoms with Crippen molar-refractivity contribution in [3.63, 3.8) is 0 Å². The van der Waals surface area contributed by atoms with Crippen molar-refractivity contribution >= 4 is 11.4 Å². The second kappa shape index (κ2) is 5.69.